The Kier molecular flexibility index (Phi) is 4.76. The van der Waals surface area contributed by atoms with Gasteiger partial charge in [-0.05, 0) is 83.2 Å². The minimum absolute atomic E-state index is 0.00273. The summed E-state index contributed by atoms with van der Waals surface area (Å²) in [6, 6.07) is 0. The fourth-order valence-corrected chi connectivity index (χ4v) is 8.12. The second kappa shape index (κ2) is 6.60. The van der Waals surface area contributed by atoms with Gasteiger partial charge in [0.1, 0.15) is 12.9 Å². The molecule has 4 rings (SSSR count). The molecule has 0 saturated heterocycles. The van der Waals surface area contributed by atoms with E-state index in [-0.39, 0.29) is 41.2 Å². The van der Waals surface area contributed by atoms with Gasteiger partial charge in [-0.15, -0.1) is 0 Å². The van der Waals surface area contributed by atoms with Crippen LogP contribution in [0.15, 0.2) is 10.1 Å². The molecule has 4 aliphatic carbocycles. The molecule has 5 nitrogen and oxygen atoms in total. The molecule has 148 valence electrons. The standard InChI is InChI=1S/C21H27BrO5/c1-20-7-6-15(25)19(22)14(20)3-2-11-12-4-5-13(17(27)9-23)21(12,10-24)8-16(26)18(11)20/h10-13,16,18,23,26H,2-9H2,1H3/t11-,12-,13+,16-,18+,20-,21+/m0/s1. The first-order valence-corrected chi connectivity index (χ1v) is 10.8. The number of allylic oxidation sites excluding steroid dienone is 1. The summed E-state index contributed by atoms with van der Waals surface area (Å²) in [5.41, 5.74) is 0.0294. The molecular formula is C21H27BrO5. The number of ketones is 2. The van der Waals surface area contributed by atoms with E-state index >= 15 is 0 Å². The van der Waals surface area contributed by atoms with Crippen LogP contribution in [0.5, 0.6) is 0 Å². The molecular weight excluding hydrogens is 412 g/mol. The molecule has 4 aliphatic rings. The number of hydrogen-bond donors (Lipinski definition) is 2. The van der Waals surface area contributed by atoms with E-state index in [0.717, 1.165) is 37.5 Å². The van der Waals surface area contributed by atoms with E-state index in [1.54, 1.807) is 0 Å². The van der Waals surface area contributed by atoms with Crippen molar-refractivity contribution in [2.45, 2.75) is 58.0 Å². The van der Waals surface area contributed by atoms with Crippen molar-refractivity contribution >= 4 is 33.8 Å². The number of aldehydes is 1. The fraction of sp³-hybridized carbons (Fsp3) is 0.762. The number of Topliss-reactive ketones (excluding diaryl/α,β-unsaturated/α-hetero) is 2. The van der Waals surface area contributed by atoms with Crippen molar-refractivity contribution in [3.8, 4) is 0 Å². The monoisotopic (exact) mass is 438 g/mol. The van der Waals surface area contributed by atoms with Crippen molar-refractivity contribution in [1.82, 2.24) is 0 Å². The van der Waals surface area contributed by atoms with Crippen LogP contribution in [0.1, 0.15) is 51.9 Å². The Morgan fingerprint density at radius 2 is 2.04 bits per heavy atom. The van der Waals surface area contributed by atoms with Gasteiger partial charge >= 0.3 is 0 Å². The molecule has 0 radical (unpaired) electrons. The van der Waals surface area contributed by atoms with E-state index in [1.165, 1.54) is 0 Å². The molecule has 0 aromatic heterocycles. The molecule has 0 amide bonds. The topological polar surface area (TPSA) is 91.7 Å². The first-order chi connectivity index (χ1) is 12.8. The summed E-state index contributed by atoms with van der Waals surface area (Å²) in [5, 5.41) is 20.6. The summed E-state index contributed by atoms with van der Waals surface area (Å²) < 4.78 is 0.689. The van der Waals surface area contributed by atoms with Crippen molar-refractivity contribution < 1.29 is 24.6 Å². The summed E-state index contributed by atoms with van der Waals surface area (Å²) in [6.07, 6.45) is 4.75. The van der Waals surface area contributed by atoms with Crippen molar-refractivity contribution in [3.63, 3.8) is 0 Å². The Bertz CT molecular complexity index is 730. The van der Waals surface area contributed by atoms with Gasteiger partial charge < -0.3 is 15.0 Å². The summed E-state index contributed by atoms with van der Waals surface area (Å²) in [4.78, 5) is 36.8. The van der Waals surface area contributed by atoms with Crippen LogP contribution < -0.4 is 0 Å². The van der Waals surface area contributed by atoms with Crippen LogP contribution >= 0.6 is 15.9 Å². The smallest absolute Gasteiger partial charge is 0.169 e. The largest absolute Gasteiger partial charge is 0.393 e. The Morgan fingerprint density at radius 1 is 1.30 bits per heavy atom. The SMILES string of the molecule is C[C@]12CCC(=O)C(Br)=C1CC[C@@H]1[C@@H]2[C@@H](O)C[C@]2(C=O)[C@@H](C(=O)CO)CC[C@@H]12. The highest BCUT2D eigenvalue weighted by molar-refractivity contribution is 9.12. The third-order valence-corrected chi connectivity index (χ3v) is 9.28. The number of carbonyl (C=O) groups excluding carboxylic acids is 3. The van der Waals surface area contributed by atoms with E-state index < -0.39 is 24.0 Å². The quantitative estimate of drug-likeness (QED) is 0.660. The van der Waals surface area contributed by atoms with Gasteiger partial charge in [-0.1, -0.05) is 6.92 Å². The van der Waals surface area contributed by atoms with Gasteiger partial charge in [-0.2, -0.15) is 0 Å². The zero-order valence-electron chi connectivity index (χ0n) is 15.6. The maximum Gasteiger partial charge on any atom is 0.169 e. The van der Waals surface area contributed by atoms with E-state index in [1.807, 2.05) is 0 Å². The summed E-state index contributed by atoms with van der Waals surface area (Å²) >= 11 is 3.51. The lowest BCUT2D eigenvalue weighted by Gasteiger charge is -2.59. The molecule has 0 spiro atoms. The molecule has 0 bridgehead atoms. The van der Waals surface area contributed by atoms with Crippen molar-refractivity contribution in [2.24, 2.45) is 34.5 Å². The molecule has 3 fully saturated rings. The first kappa shape index (κ1) is 19.5. The highest BCUT2D eigenvalue weighted by atomic mass is 79.9. The first-order valence-electron chi connectivity index (χ1n) is 10.0. The van der Waals surface area contributed by atoms with Crippen molar-refractivity contribution in [2.75, 3.05) is 6.61 Å². The number of rotatable bonds is 3. The maximum atomic E-state index is 12.3. The zero-order valence-corrected chi connectivity index (χ0v) is 17.2. The van der Waals surface area contributed by atoms with E-state index in [4.69, 9.17) is 0 Å². The highest BCUT2D eigenvalue weighted by Gasteiger charge is 2.65. The fourth-order valence-electron chi connectivity index (χ4n) is 7.27. The second-order valence-corrected chi connectivity index (χ2v) is 10.0. The van der Waals surface area contributed by atoms with Crippen LogP contribution in [0.25, 0.3) is 0 Å². The number of halogens is 1. The second-order valence-electron chi connectivity index (χ2n) is 9.22. The summed E-state index contributed by atoms with van der Waals surface area (Å²) in [6.45, 7) is 1.62. The van der Waals surface area contributed by atoms with Crippen molar-refractivity contribution in [1.29, 1.82) is 0 Å². The third kappa shape index (κ3) is 2.52. The Balaban J connectivity index is 1.76. The van der Waals surface area contributed by atoms with Crippen LogP contribution in [-0.4, -0.2) is 40.8 Å². The highest BCUT2D eigenvalue weighted by Crippen LogP contribution is 2.66. The van der Waals surface area contributed by atoms with Gasteiger partial charge in [0.2, 0.25) is 0 Å². The number of hydrogen-bond acceptors (Lipinski definition) is 5. The third-order valence-electron chi connectivity index (χ3n) is 8.36. The van der Waals surface area contributed by atoms with Crippen LogP contribution in [0.2, 0.25) is 0 Å². The van der Waals surface area contributed by atoms with Crippen LogP contribution in [0.4, 0.5) is 0 Å². The lowest BCUT2D eigenvalue weighted by atomic mass is 9.45. The molecule has 27 heavy (non-hydrogen) atoms. The average molecular weight is 439 g/mol. The molecule has 0 aliphatic heterocycles. The number of aliphatic hydroxyl groups excluding tert-OH is 2. The van der Waals surface area contributed by atoms with Crippen LogP contribution in [-0.2, 0) is 14.4 Å². The number of fused-ring (bicyclic) bond motifs is 5. The van der Waals surface area contributed by atoms with E-state index in [2.05, 4.69) is 22.9 Å². The molecule has 6 heteroatoms. The molecule has 0 unspecified atom stereocenters. The zero-order chi connectivity index (χ0) is 19.6. The van der Waals surface area contributed by atoms with E-state index in [9.17, 15) is 24.6 Å². The minimum Gasteiger partial charge on any atom is -0.393 e. The Morgan fingerprint density at radius 3 is 2.70 bits per heavy atom. The number of carbonyl (C=O) groups is 3. The van der Waals surface area contributed by atoms with Gasteiger partial charge in [0.05, 0.1) is 10.6 Å². The summed E-state index contributed by atoms with van der Waals surface area (Å²) in [7, 11) is 0. The van der Waals surface area contributed by atoms with Gasteiger partial charge in [0, 0.05) is 17.8 Å². The predicted molar refractivity (Wildman–Crippen MR) is 102 cm³/mol. The van der Waals surface area contributed by atoms with Gasteiger partial charge in [0.25, 0.3) is 0 Å². The van der Waals surface area contributed by atoms with Gasteiger partial charge in [-0.3, -0.25) is 9.59 Å². The Labute approximate surface area is 167 Å². The maximum absolute atomic E-state index is 12.3. The molecule has 0 heterocycles. The van der Waals surface area contributed by atoms with E-state index in [0.29, 0.717) is 17.3 Å². The van der Waals surface area contributed by atoms with Gasteiger partial charge in [-0.25, -0.2) is 0 Å². The molecule has 0 aromatic rings. The molecule has 2 N–H and O–H groups in total. The lowest BCUT2D eigenvalue weighted by Crippen LogP contribution is -2.58. The summed E-state index contributed by atoms with van der Waals surface area (Å²) in [5.74, 6) is -0.379. The lowest BCUT2D eigenvalue weighted by molar-refractivity contribution is -0.157. The Hall–Kier alpha value is -0.850. The molecule has 7 atom stereocenters. The molecule has 3 saturated carbocycles. The predicted octanol–water partition coefficient (Wildman–Crippen LogP) is 2.57. The molecule has 0 aromatic carbocycles. The number of aliphatic hydroxyl groups is 2. The van der Waals surface area contributed by atoms with Gasteiger partial charge in [0.15, 0.2) is 11.6 Å². The minimum atomic E-state index is -0.848. The van der Waals surface area contributed by atoms with Crippen LogP contribution in [0.3, 0.4) is 0 Å². The normalized spacial score (nSPS) is 46.5. The average Bonchev–Trinajstić information content (AvgIpc) is 3.03. The van der Waals surface area contributed by atoms with Crippen molar-refractivity contribution in [3.05, 3.63) is 10.1 Å². The van der Waals surface area contributed by atoms with Crippen LogP contribution in [0, 0.1) is 34.5 Å².